The van der Waals surface area contributed by atoms with E-state index >= 15 is 0 Å². The number of aromatic nitrogens is 1. The normalized spacial score (nSPS) is 22.4. The van der Waals surface area contributed by atoms with Crippen LogP contribution in [0.15, 0.2) is 42.6 Å². The molecule has 3 rings (SSSR count). The van der Waals surface area contributed by atoms with Crippen LogP contribution in [0.3, 0.4) is 0 Å². The van der Waals surface area contributed by atoms with E-state index in [1.165, 1.54) is 0 Å². The van der Waals surface area contributed by atoms with E-state index in [4.69, 9.17) is 16.3 Å². The summed E-state index contributed by atoms with van der Waals surface area (Å²) in [5.41, 5.74) is 0.307. The molecular weight excluding hydrogens is 298 g/mol. The molecule has 1 fully saturated rings. The van der Waals surface area contributed by atoms with Gasteiger partial charge in [0.25, 0.3) is 0 Å². The largest absolute Gasteiger partial charge is 0.493 e. The lowest BCUT2D eigenvalue weighted by atomic mass is 9.96. The van der Waals surface area contributed by atoms with Crippen molar-refractivity contribution in [2.24, 2.45) is 5.92 Å². The number of halogens is 1. The maximum Gasteiger partial charge on any atom is 0.119 e. The smallest absolute Gasteiger partial charge is 0.119 e. The van der Waals surface area contributed by atoms with E-state index < -0.39 is 5.41 Å². The first-order valence-corrected chi connectivity index (χ1v) is 7.22. The predicted molar refractivity (Wildman–Crippen MR) is 81.3 cm³/mol. The quantitative estimate of drug-likeness (QED) is 0.867. The van der Waals surface area contributed by atoms with Crippen LogP contribution in [0.4, 0.5) is 0 Å². The topological polar surface area (TPSA) is 69.7 Å². The molecule has 0 radical (unpaired) electrons. The van der Waals surface area contributed by atoms with E-state index in [9.17, 15) is 10.5 Å². The highest BCUT2D eigenvalue weighted by Gasteiger charge is 2.58. The van der Waals surface area contributed by atoms with E-state index in [0.717, 1.165) is 0 Å². The summed E-state index contributed by atoms with van der Waals surface area (Å²) < 4.78 is 5.72. The van der Waals surface area contributed by atoms with Gasteiger partial charge in [0.05, 0.1) is 23.9 Å². The molecule has 0 N–H and O–H groups in total. The molecule has 1 aromatic heterocycles. The van der Waals surface area contributed by atoms with Crippen molar-refractivity contribution >= 4 is 11.6 Å². The molecule has 0 saturated heterocycles. The van der Waals surface area contributed by atoms with Gasteiger partial charge in [0.2, 0.25) is 0 Å². The SMILES string of the molecule is N#Cc1cccnc1[C@@]1(C#N)C[C@H]1COc1ccc(Cl)cc1. The Bertz CT molecular complexity index is 776. The first-order chi connectivity index (χ1) is 10.7. The fraction of sp³-hybridized carbons (Fsp3) is 0.235. The highest BCUT2D eigenvalue weighted by atomic mass is 35.5. The third-order valence-corrected chi connectivity index (χ3v) is 4.17. The van der Waals surface area contributed by atoms with E-state index in [0.29, 0.717) is 35.1 Å². The zero-order chi connectivity index (χ0) is 15.6. The summed E-state index contributed by atoms with van der Waals surface area (Å²) in [6.07, 6.45) is 2.27. The number of hydrogen-bond donors (Lipinski definition) is 0. The van der Waals surface area contributed by atoms with Gasteiger partial charge in [0.15, 0.2) is 0 Å². The summed E-state index contributed by atoms with van der Waals surface area (Å²) in [7, 11) is 0. The predicted octanol–water partition coefficient (Wildman–Crippen LogP) is 3.47. The van der Waals surface area contributed by atoms with E-state index in [1.54, 1.807) is 42.6 Å². The van der Waals surface area contributed by atoms with Crippen molar-refractivity contribution in [3.63, 3.8) is 0 Å². The zero-order valence-corrected chi connectivity index (χ0v) is 12.4. The summed E-state index contributed by atoms with van der Waals surface area (Å²) >= 11 is 5.83. The molecule has 5 heteroatoms. The van der Waals surface area contributed by atoms with Crippen LogP contribution in [0.5, 0.6) is 5.75 Å². The van der Waals surface area contributed by atoms with Gasteiger partial charge in [0.1, 0.15) is 17.2 Å². The molecule has 108 valence electrons. The summed E-state index contributed by atoms with van der Waals surface area (Å²) in [5, 5.41) is 19.4. The molecule has 2 atom stereocenters. The number of rotatable bonds is 4. The molecule has 0 aliphatic heterocycles. The monoisotopic (exact) mass is 309 g/mol. The number of benzene rings is 1. The van der Waals surface area contributed by atoms with Gasteiger partial charge in [-0.05, 0) is 42.8 Å². The standard InChI is InChI=1S/C17H12ClN3O/c18-14-3-5-15(6-4-14)22-10-13-8-17(13,11-20)16-12(9-19)2-1-7-21-16/h1-7,13H,8,10H2/t13-,17+/m0/s1. The van der Waals surface area contributed by atoms with Gasteiger partial charge in [0, 0.05) is 17.1 Å². The lowest BCUT2D eigenvalue weighted by Gasteiger charge is -2.11. The van der Waals surface area contributed by atoms with Crippen molar-refractivity contribution in [2.45, 2.75) is 11.8 Å². The Labute approximate surface area is 133 Å². The Kier molecular flexibility index (Phi) is 3.71. The lowest BCUT2D eigenvalue weighted by Crippen LogP contribution is -2.15. The minimum Gasteiger partial charge on any atom is -0.493 e. The van der Waals surface area contributed by atoms with Crippen LogP contribution in [-0.4, -0.2) is 11.6 Å². The van der Waals surface area contributed by atoms with Crippen molar-refractivity contribution < 1.29 is 4.74 Å². The van der Waals surface area contributed by atoms with Crippen LogP contribution in [0.2, 0.25) is 5.02 Å². The molecule has 1 saturated carbocycles. The van der Waals surface area contributed by atoms with Crippen LogP contribution in [0.25, 0.3) is 0 Å². The molecule has 1 aliphatic rings. The van der Waals surface area contributed by atoms with Gasteiger partial charge < -0.3 is 4.74 Å². The number of nitriles is 2. The minimum atomic E-state index is -0.710. The fourth-order valence-corrected chi connectivity index (χ4v) is 2.72. The summed E-state index contributed by atoms with van der Waals surface area (Å²) in [6, 6.07) is 14.9. The van der Waals surface area contributed by atoms with Crippen molar-refractivity contribution in [3.05, 3.63) is 58.9 Å². The fourth-order valence-electron chi connectivity index (χ4n) is 2.59. The first kappa shape index (κ1) is 14.4. The van der Waals surface area contributed by atoms with Gasteiger partial charge in [-0.1, -0.05) is 11.6 Å². The Morgan fingerprint density at radius 2 is 2.05 bits per heavy atom. The molecule has 1 aromatic carbocycles. The molecule has 0 bridgehead atoms. The molecule has 4 nitrogen and oxygen atoms in total. The van der Waals surface area contributed by atoms with Crippen LogP contribution in [0, 0.1) is 28.6 Å². The molecule has 0 unspecified atom stereocenters. The Morgan fingerprint density at radius 1 is 1.27 bits per heavy atom. The maximum atomic E-state index is 9.56. The maximum absolute atomic E-state index is 9.56. The Balaban J connectivity index is 1.74. The first-order valence-electron chi connectivity index (χ1n) is 6.85. The average molecular weight is 310 g/mol. The van der Waals surface area contributed by atoms with E-state index in [1.807, 2.05) is 0 Å². The van der Waals surface area contributed by atoms with E-state index in [-0.39, 0.29) is 5.92 Å². The molecule has 0 spiro atoms. The van der Waals surface area contributed by atoms with Crippen molar-refractivity contribution in [3.8, 4) is 17.9 Å². The van der Waals surface area contributed by atoms with Crippen LogP contribution < -0.4 is 4.74 Å². The van der Waals surface area contributed by atoms with Crippen LogP contribution in [0.1, 0.15) is 17.7 Å². The number of ether oxygens (including phenoxy) is 1. The molecule has 0 amide bonds. The number of nitrogens with zero attached hydrogens (tertiary/aromatic N) is 3. The molecular formula is C17H12ClN3O. The second kappa shape index (κ2) is 5.67. The number of pyridine rings is 1. The average Bonchev–Trinajstić information content (AvgIpc) is 3.29. The van der Waals surface area contributed by atoms with Crippen LogP contribution >= 0.6 is 11.6 Å². The molecule has 22 heavy (non-hydrogen) atoms. The molecule has 1 heterocycles. The van der Waals surface area contributed by atoms with Crippen molar-refractivity contribution in [1.82, 2.24) is 4.98 Å². The highest BCUT2D eigenvalue weighted by Crippen LogP contribution is 2.54. The van der Waals surface area contributed by atoms with Crippen molar-refractivity contribution in [1.29, 1.82) is 10.5 Å². The minimum absolute atomic E-state index is 0.0372. The summed E-state index contributed by atoms with van der Waals surface area (Å²) in [6.45, 7) is 0.413. The highest BCUT2D eigenvalue weighted by molar-refractivity contribution is 6.30. The molecule has 2 aromatic rings. The number of hydrogen-bond acceptors (Lipinski definition) is 4. The Hall–Kier alpha value is -2.56. The van der Waals surface area contributed by atoms with Gasteiger partial charge in [-0.25, -0.2) is 0 Å². The van der Waals surface area contributed by atoms with Gasteiger partial charge in [-0.2, -0.15) is 10.5 Å². The summed E-state index contributed by atoms with van der Waals surface area (Å²) in [4.78, 5) is 4.25. The third kappa shape index (κ3) is 2.50. The Morgan fingerprint density at radius 3 is 2.73 bits per heavy atom. The second-order valence-electron chi connectivity index (χ2n) is 5.26. The van der Waals surface area contributed by atoms with Gasteiger partial charge in [-0.3, -0.25) is 4.98 Å². The zero-order valence-electron chi connectivity index (χ0n) is 11.7. The van der Waals surface area contributed by atoms with Gasteiger partial charge >= 0.3 is 0 Å². The summed E-state index contributed by atoms with van der Waals surface area (Å²) in [5.74, 6) is 0.750. The third-order valence-electron chi connectivity index (χ3n) is 3.92. The molecule has 1 aliphatic carbocycles. The van der Waals surface area contributed by atoms with Gasteiger partial charge in [-0.15, -0.1) is 0 Å². The lowest BCUT2D eigenvalue weighted by molar-refractivity contribution is 0.291. The second-order valence-corrected chi connectivity index (χ2v) is 5.70. The van der Waals surface area contributed by atoms with E-state index in [2.05, 4.69) is 17.1 Å². The van der Waals surface area contributed by atoms with Crippen molar-refractivity contribution in [2.75, 3.05) is 6.61 Å². The van der Waals surface area contributed by atoms with Crippen LogP contribution in [-0.2, 0) is 5.41 Å².